The van der Waals surface area contributed by atoms with Crippen LogP contribution in [0.1, 0.15) is 55.2 Å². The predicted octanol–water partition coefficient (Wildman–Crippen LogP) is 3.75. The van der Waals surface area contributed by atoms with E-state index < -0.39 is 0 Å². The third-order valence-corrected chi connectivity index (χ3v) is 4.18. The second kappa shape index (κ2) is 9.11. The first kappa shape index (κ1) is 18.0. The molecule has 1 aromatic heterocycles. The van der Waals surface area contributed by atoms with Crippen LogP contribution >= 0.6 is 0 Å². The lowest BCUT2D eigenvalue weighted by atomic mass is 9.99. The Kier molecular flexibility index (Phi) is 6.85. The van der Waals surface area contributed by atoms with Crippen LogP contribution in [-0.2, 0) is 13.1 Å². The van der Waals surface area contributed by atoms with E-state index in [1.165, 1.54) is 11.1 Å². The van der Waals surface area contributed by atoms with Crippen LogP contribution in [-0.4, -0.2) is 18.2 Å². The van der Waals surface area contributed by atoms with E-state index in [4.69, 9.17) is 4.52 Å². The van der Waals surface area contributed by atoms with Gasteiger partial charge >= 0.3 is 0 Å². The fourth-order valence-corrected chi connectivity index (χ4v) is 2.71. The molecule has 0 amide bonds. The number of rotatable bonds is 7. The molecule has 0 aliphatic heterocycles. The first-order valence-corrected chi connectivity index (χ1v) is 8.61. The average molecular weight is 328 g/mol. The van der Waals surface area contributed by atoms with Gasteiger partial charge in [0.1, 0.15) is 0 Å². The monoisotopic (exact) mass is 328 g/mol. The Labute approximate surface area is 144 Å². The lowest BCUT2D eigenvalue weighted by Crippen LogP contribution is -2.36. The van der Waals surface area contributed by atoms with Gasteiger partial charge in [0.2, 0.25) is 0 Å². The molecule has 0 aliphatic carbocycles. The largest absolute Gasteiger partial charge is 0.359 e. The zero-order valence-corrected chi connectivity index (χ0v) is 15.1. The van der Waals surface area contributed by atoms with Crippen molar-refractivity contribution in [3.8, 4) is 0 Å². The highest BCUT2D eigenvalue weighted by Gasteiger charge is 2.13. The van der Waals surface area contributed by atoms with E-state index in [1.807, 2.05) is 6.07 Å². The maximum Gasteiger partial charge on any atom is 0.191 e. The van der Waals surface area contributed by atoms with Crippen LogP contribution in [0.4, 0.5) is 0 Å². The molecule has 0 bridgehead atoms. The Balaban J connectivity index is 1.85. The van der Waals surface area contributed by atoms with E-state index in [0.29, 0.717) is 12.5 Å². The summed E-state index contributed by atoms with van der Waals surface area (Å²) in [5.41, 5.74) is 3.53. The van der Waals surface area contributed by atoms with Crippen molar-refractivity contribution in [1.29, 1.82) is 0 Å². The van der Waals surface area contributed by atoms with E-state index in [1.54, 1.807) is 7.05 Å². The molecule has 0 saturated heterocycles. The van der Waals surface area contributed by atoms with Crippen molar-refractivity contribution >= 4 is 5.96 Å². The smallest absolute Gasteiger partial charge is 0.191 e. The van der Waals surface area contributed by atoms with Crippen LogP contribution in [0, 0.1) is 6.92 Å². The molecule has 0 saturated carbocycles. The van der Waals surface area contributed by atoms with E-state index in [-0.39, 0.29) is 0 Å². The first-order chi connectivity index (χ1) is 11.7. The van der Waals surface area contributed by atoms with Gasteiger partial charge < -0.3 is 15.2 Å². The third kappa shape index (κ3) is 5.11. The van der Waals surface area contributed by atoms with Gasteiger partial charge in [-0.25, -0.2) is 0 Å². The number of aliphatic imine (C=N–C) groups is 1. The van der Waals surface area contributed by atoms with E-state index in [0.717, 1.165) is 36.8 Å². The summed E-state index contributed by atoms with van der Waals surface area (Å²) in [4.78, 5) is 4.25. The van der Waals surface area contributed by atoms with Gasteiger partial charge in [-0.1, -0.05) is 48.8 Å². The van der Waals surface area contributed by atoms with Crippen LogP contribution in [0.5, 0.6) is 0 Å². The van der Waals surface area contributed by atoms with Gasteiger partial charge in [-0.3, -0.25) is 4.99 Å². The highest BCUT2D eigenvalue weighted by molar-refractivity contribution is 5.79. The zero-order valence-electron chi connectivity index (χ0n) is 15.1. The topological polar surface area (TPSA) is 62.5 Å². The number of nitrogens with zero attached hydrogens (tertiary/aromatic N) is 2. The SMILES string of the molecule is CCC(CC)c1cc(CNC(=NC)NCc2cccc(C)c2)on1. The third-order valence-electron chi connectivity index (χ3n) is 4.18. The summed E-state index contributed by atoms with van der Waals surface area (Å²) in [7, 11) is 1.77. The highest BCUT2D eigenvalue weighted by atomic mass is 16.5. The standard InChI is InChI=1S/C19H28N4O/c1-5-16(6-2)18-11-17(24-23-18)13-22-19(20-4)21-12-15-9-7-8-14(3)10-15/h7-11,16H,5-6,12-13H2,1-4H3,(H2,20,21,22). The van der Waals surface area contributed by atoms with Crippen LogP contribution in [0.2, 0.25) is 0 Å². The van der Waals surface area contributed by atoms with Gasteiger partial charge in [0.05, 0.1) is 12.2 Å². The molecule has 1 aromatic carbocycles. The predicted molar refractivity (Wildman–Crippen MR) is 98.0 cm³/mol. The van der Waals surface area contributed by atoms with Crippen LogP contribution in [0.3, 0.4) is 0 Å². The minimum absolute atomic E-state index is 0.473. The quantitative estimate of drug-likeness (QED) is 0.600. The van der Waals surface area contributed by atoms with Crippen molar-refractivity contribution in [2.24, 2.45) is 4.99 Å². The lowest BCUT2D eigenvalue weighted by molar-refractivity contribution is 0.368. The second-order valence-corrected chi connectivity index (χ2v) is 6.00. The number of aryl methyl sites for hydroxylation is 1. The molecule has 2 aromatic rings. The minimum atomic E-state index is 0.473. The molecule has 5 heteroatoms. The van der Waals surface area contributed by atoms with E-state index in [9.17, 15) is 0 Å². The van der Waals surface area contributed by atoms with Crippen molar-refractivity contribution < 1.29 is 4.52 Å². The summed E-state index contributed by atoms with van der Waals surface area (Å²) >= 11 is 0. The van der Waals surface area contributed by atoms with Crippen LogP contribution in [0.15, 0.2) is 39.8 Å². The number of benzene rings is 1. The Morgan fingerprint density at radius 3 is 2.58 bits per heavy atom. The number of hydrogen-bond donors (Lipinski definition) is 2. The molecule has 0 radical (unpaired) electrons. The summed E-state index contributed by atoms with van der Waals surface area (Å²) in [6, 6.07) is 10.5. The Morgan fingerprint density at radius 1 is 1.17 bits per heavy atom. The van der Waals surface area contributed by atoms with Crippen molar-refractivity contribution in [1.82, 2.24) is 15.8 Å². The first-order valence-electron chi connectivity index (χ1n) is 8.61. The fourth-order valence-electron chi connectivity index (χ4n) is 2.71. The van der Waals surface area contributed by atoms with Crippen LogP contribution in [0.25, 0.3) is 0 Å². The van der Waals surface area contributed by atoms with Crippen molar-refractivity contribution in [3.05, 3.63) is 52.9 Å². The number of nitrogens with one attached hydrogen (secondary N) is 2. The van der Waals surface area contributed by atoms with E-state index in [2.05, 4.69) is 65.8 Å². The minimum Gasteiger partial charge on any atom is -0.359 e. The van der Waals surface area contributed by atoms with Gasteiger partial charge in [-0.2, -0.15) is 0 Å². The number of aromatic nitrogens is 1. The lowest BCUT2D eigenvalue weighted by Gasteiger charge is -2.11. The van der Waals surface area contributed by atoms with Gasteiger partial charge in [-0.05, 0) is 25.3 Å². The molecule has 0 fully saturated rings. The summed E-state index contributed by atoms with van der Waals surface area (Å²) in [6.07, 6.45) is 2.16. The molecule has 1 heterocycles. The fraction of sp³-hybridized carbons (Fsp3) is 0.474. The van der Waals surface area contributed by atoms with E-state index >= 15 is 0 Å². The van der Waals surface area contributed by atoms with Crippen LogP contribution < -0.4 is 10.6 Å². The summed E-state index contributed by atoms with van der Waals surface area (Å²) in [6.45, 7) is 7.75. The summed E-state index contributed by atoms with van der Waals surface area (Å²) < 4.78 is 5.43. The maximum absolute atomic E-state index is 5.43. The zero-order chi connectivity index (χ0) is 17.4. The summed E-state index contributed by atoms with van der Waals surface area (Å²) in [5, 5.41) is 10.8. The second-order valence-electron chi connectivity index (χ2n) is 6.00. The summed E-state index contributed by atoms with van der Waals surface area (Å²) in [5.74, 6) is 2.05. The number of hydrogen-bond acceptors (Lipinski definition) is 3. The molecule has 5 nitrogen and oxygen atoms in total. The number of guanidine groups is 1. The van der Waals surface area contributed by atoms with Gasteiger partial charge in [-0.15, -0.1) is 0 Å². The van der Waals surface area contributed by atoms with Gasteiger partial charge in [0.25, 0.3) is 0 Å². The molecule has 0 atom stereocenters. The molecule has 0 unspecified atom stereocenters. The Hall–Kier alpha value is -2.30. The average Bonchev–Trinajstić information content (AvgIpc) is 3.05. The molecule has 2 N–H and O–H groups in total. The van der Waals surface area contributed by atoms with Gasteiger partial charge in [0, 0.05) is 25.6 Å². The molecular weight excluding hydrogens is 300 g/mol. The molecule has 130 valence electrons. The van der Waals surface area contributed by atoms with Crippen molar-refractivity contribution in [3.63, 3.8) is 0 Å². The molecule has 24 heavy (non-hydrogen) atoms. The maximum atomic E-state index is 5.43. The Morgan fingerprint density at radius 2 is 1.92 bits per heavy atom. The van der Waals surface area contributed by atoms with Gasteiger partial charge in [0.15, 0.2) is 11.7 Å². The van der Waals surface area contributed by atoms with Crippen molar-refractivity contribution in [2.75, 3.05) is 7.05 Å². The van der Waals surface area contributed by atoms with Crippen molar-refractivity contribution in [2.45, 2.75) is 52.6 Å². The Bertz CT molecular complexity index is 659. The molecular formula is C19H28N4O. The molecule has 0 aliphatic rings. The normalized spacial score (nSPS) is 11.8. The molecule has 0 spiro atoms. The highest BCUT2D eigenvalue weighted by Crippen LogP contribution is 2.22. The molecule has 2 rings (SSSR count).